The molecule has 0 spiro atoms. The molecule has 0 unspecified atom stereocenters. The normalized spacial score (nSPS) is 11.6. The number of nitrogens with one attached hydrogen (secondary N) is 1. The molecule has 0 aliphatic heterocycles. The molecule has 1 N–H and O–H groups in total. The lowest BCUT2D eigenvalue weighted by Crippen LogP contribution is -2.38. The van der Waals surface area contributed by atoms with E-state index in [2.05, 4.69) is 5.32 Å². The number of nitrogens with zero attached hydrogens (tertiary/aromatic N) is 1. The van der Waals surface area contributed by atoms with E-state index in [0.717, 1.165) is 34.1 Å². The third-order valence-electron chi connectivity index (χ3n) is 4.58. The summed E-state index contributed by atoms with van der Waals surface area (Å²) in [7, 11) is -4.24. The first kappa shape index (κ1) is 23.8. The van der Waals surface area contributed by atoms with E-state index in [1.807, 2.05) is 0 Å². The number of aryl methyl sites for hydroxylation is 1. The summed E-state index contributed by atoms with van der Waals surface area (Å²) in [6.45, 7) is 0.537. The summed E-state index contributed by atoms with van der Waals surface area (Å²) < 4.78 is 68.1. The van der Waals surface area contributed by atoms with Gasteiger partial charge in [-0.2, -0.15) is 4.31 Å². The van der Waals surface area contributed by atoms with Gasteiger partial charge in [-0.3, -0.25) is 4.79 Å². The Morgan fingerprint density at radius 1 is 0.969 bits per heavy atom. The molecule has 168 valence electrons. The molecule has 3 rings (SSSR count). The molecule has 5 nitrogen and oxygen atoms in total. The number of rotatable bonds is 7. The summed E-state index contributed by atoms with van der Waals surface area (Å²) >= 11 is 6.05. The number of anilines is 1. The summed E-state index contributed by atoms with van der Waals surface area (Å²) in [5.74, 6) is -3.84. The standard InChI is InChI=1S/C22H18ClF3N2O3S/c1-14-5-8-16(9-6-14)32(30,31)28(12-17-18(23)3-2-4-19(17)24)13-22(29)27-15-7-10-20(25)21(26)11-15/h2-11H,12-13H2,1H3,(H,27,29). The molecule has 3 aromatic carbocycles. The second-order valence-corrected chi connectivity index (χ2v) is 9.31. The van der Waals surface area contributed by atoms with E-state index in [4.69, 9.17) is 11.6 Å². The van der Waals surface area contributed by atoms with Gasteiger partial charge in [0.2, 0.25) is 15.9 Å². The van der Waals surface area contributed by atoms with E-state index in [1.165, 1.54) is 24.3 Å². The highest BCUT2D eigenvalue weighted by atomic mass is 35.5. The molecular weight excluding hydrogens is 465 g/mol. The maximum absolute atomic E-state index is 14.3. The summed E-state index contributed by atoms with van der Waals surface area (Å²) in [5.41, 5.74) is 0.653. The zero-order valence-electron chi connectivity index (χ0n) is 16.8. The maximum atomic E-state index is 14.3. The van der Waals surface area contributed by atoms with Gasteiger partial charge in [-0.15, -0.1) is 0 Å². The minimum Gasteiger partial charge on any atom is -0.325 e. The molecule has 1 amide bonds. The van der Waals surface area contributed by atoms with Crippen LogP contribution in [0.3, 0.4) is 0 Å². The molecule has 0 aromatic heterocycles. The molecule has 3 aromatic rings. The first-order valence-electron chi connectivity index (χ1n) is 9.32. The molecule has 0 bridgehead atoms. The molecular formula is C22H18ClF3N2O3S. The van der Waals surface area contributed by atoms with Gasteiger partial charge in [-0.05, 0) is 43.3 Å². The highest BCUT2D eigenvalue weighted by molar-refractivity contribution is 7.89. The Morgan fingerprint density at radius 3 is 2.28 bits per heavy atom. The van der Waals surface area contributed by atoms with Gasteiger partial charge in [0.25, 0.3) is 0 Å². The number of hydrogen-bond acceptors (Lipinski definition) is 3. The highest BCUT2D eigenvalue weighted by Crippen LogP contribution is 2.25. The molecule has 0 fully saturated rings. The van der Waals surface area contributed by atoms with Crippen molar-refractivity contribution in [1.29, 1.82) is 0 Å². The second-order valence-electron chi connectivity index (χ2n) is 6.96. The zero-order chi connectivity index (χ0) is 23.5. The third kappa shape index (κ3) is 5.48. The molecule has 0 radical (unpaired) electrons. The minimum atomic E-state index is -4.24. The van der Waals surface area contributed by atoms with Crippen molar-refractivity contribution in [1.82, 2.24) is 4.31 Å². The van der Waals surface area contributed by atoms with Gasteiger partial charge < -0.3 is 5.32 Å². The molecule has 32 heavy (non-hydrogen) atoms. The van der Waals surface area contributed by atoms with Gasteiger partial charge in [0.15, 0.2) is 11.6 Å². The van der Waals surface area contributed by atoms with Crippen LogP contribution in [0.4, 0.5) is 18.9 Å². The van der Waals surface area contributed by atoms with E-state index < -0.39 is 46.5 Å². The van der Waals surface area contributed by atoms with Crippen molar-refractivity contribution in [2.45, 2.75) is 18.4 Å². The molecule has 0 heterocycles. The predicted molar refractivity (Wildman–Crippen MR) is 115 cm³/mol. The lowest BCUT2D eigenvalue weighted by molar-refractivity contribution is -0.116. The minimum absolute atomic E-state index is 0.00452. The number of halogens is 4. The van der Waals surface area contributed by atoms with Crippen LogP contribution >= 0.6 is 11.6 Å². The smallest absolute Gasteiger partial charge is 0.243 e. The van der Waals surface area contributed by atoms with E-state index in [9.17, 15) is 26.4 Å². The largest absolute Gasteiger partial charge is 0.325 e. The van der Waals surface area contributed by atoms with Crippen LogP contribution in [-0.2, 0) is 21.4 Å². The van der Waals surface area contributed by atoms with Gasteiger partial charge in [0.1, 0.15) is 5.82 Å². The monoisotopic (exact) mass is 482 g/mol. The Bertz CT molecular complexity index is 1230. The van der Waals surface area contributed by atoms with Crippen molar-refractivity contribution in [2.75, 3.05) is 11.9 Å². The summed E-state index contributed by atoms with van der Waals surface area (Å²) in [6.07, 6.45) is 0. The quantitative estimate of drug-likeness (QED) is 0.521. The first-order chi connectivity index (χ1) is 15.1. The zero-order valence-corrected chi connectivity index (χ0v) is 18.4. The number of carbonyl (C=O) groups excluding carboxylic acids is 1. The van der Waals surface area contributed by atoms with Crippen molar-refractivity contribution in [3.63, 3.8) is 0 Å². The lowest BCUT2D eigenvalue weighted by Gasteiger charge is -2.23. The van der Waals surface area contributed by atoms with Gasteiger partial charge >= 0.3 is 0 Å². The van der Waals surface area contributed by atoms with E-state index in [0.29, 0.717) is 0 Å². The van der Waals surface area contributed by atoms with Crippen molar-refractivity contribution >= 4 is 33.2 Å². The van der Waals surface area contributed by atoms with Crippen LogP contribution in [0.5, 0.6) is 0 Å². The Hall–Kier alpha value is -2.88. The lowest BCUT2D eigenvalue weighted by atomic mass is 10.2. The number of hydrogen-bond donors (Lipinski definition) is 1. The first-order valence-corrected chi connectivity index (χ1v) is 11.1. The topological polar surface area (TPSA) is 66.5 Å². The molecule has 10 heteroatoms. The van der Waals surface area contributed by atoms with Crippen molar-refractivity contribution in [3.05, 3.63) is 94.3 Å². The van der Waals surface area contributed by atoms with E-state index in [1.54, 1.807) is 19.1 Å². The van der Waals surface area contributed by atoms with Crippen LogP contribution in [0.1, 0.15) is 11.1 Å². The summed E-state index contributed by atoms with van der Waals surface area (Å²) in [6, 6.07) is 12.5. The van der Waals surface area contributed by atoms with Gasteiger partial charge in [0.05, 0.1) is 11.4 Å². The van der Waals surface area contributed by atoms with Crippen LogP contribution in [0.25, 0.3) is 0 Å². The molecule has 0 aliphatic carbocycles. The fourth-order valence-electron chi connectivity index (χ4n) is 2.88. The average Bonchev–Trinajstić information content (AvgIpc) is 2.73. The fraction of sp³-hybridized carbons (Fsp3) is 0.136. The molecule has 0 aliphatic rings. The van der Waals surface area contributed by atoms with Crippen LogP contribution in [-0.4, -0.2) is 25.2 Å². The van der Waals surface area contributed by atoms with Crippen molar-refractivity contribution in [3.8, 4) is 0 Å². The van der Waals surface area contributed by atoms with Gasteiger partial charge in [-0.1, -0.05) is 35.4 Å². The van der Waals surface area contributed by atoms with Crippen LogP contribution in [0, 0.1) is 24.4 Å². The second kappa shape index (κ2) is 9.72. The number of amides is 1. The maximum Gasteiger partial charge on any atom is 0.243 e. The molecule has 0 atom stereocenters. The Balaban J connectivity index is 1.93. The van der Waals surface area contributed by atoms with Gasteiger partial charge in [-0.25, -0.2) is 21.6 Å². The van der Waals surface area contributed by atoms with Crippen LogP contribution in [0.15, 0.2) is 65.6 Å². The predicted octanol–water partition coefficient (Wildman–Crippen LogP) is 4.90. The SMILES string of the molecule is Cc1ccc(S(=O)(=O)N(CC(=O)Nc2ccc(F)c(F)c2)Cc2c(F)cccc2Cl)cc1. The fourth-order valence-corrected chi connectivity index (χ4v) is 4.47. The number of carbonyl (C=O) groups is 1. The van der Waals surface area contributed by atoms with Gasteiger partial charge in [0, 0.05) is 28.9 Å². The van der Waals surface area contributed by atoms with Crippen LogP contribution < -0.4 is 5.32 Å². The Labute approximate surface area is 188 Å². The van der Waals surface area contributed by atoms with Crippen LogP contribution in [0.2, 0.25) is 5.02 Å². The molecule has 0 saturated carbocycles. The van der Waals surface area contributed by atoms with Crippen molar-refractivity contribution in [2.24, 2.45) is 0 Å². The van der Waals surface area contributed by atoms with E-state index >= 15 is 0 Å². The molecule has 0 saturated heterocycles. The number of sulfonamides is 1. The van der Waals surface area contributed by atoms with E-state index in [-0.39, 0.29) is 21.2 Å². The highest BCUT2D eigenvalue weighted by Gasteiger charge is 2.28. The average molecular weight is 483 g/mol. The summed E-state index contributed by atoms with van der Waals surface area (Å²) in [4.78, 5) is 12.5. The van der Waals surface area contributed by atoms with Crippen molar-refractivity contribution < 1.29 is 26.4 Å². The number of benzene rings is 3. The third-order valence-corrected chi connectivity index (χ3v) is 6.74. The Kier molecular flexibility index (Phi) is 7.22. The Morgan fingerprint density at radius 2 is 1.66 bits per heavy atom. The summed E-state index contributed by atoms with van der Waals surface area (Å²) in [5, 5.41) is 2.31.